The second-order valence-corrected chi connectivity index (χ2v) is 6.77. The molecular formula is C13H19F2NO3S. The number of rotatable bonds is 6. The van der Waals surface area contributed by atoms with Crippen LogP contribution in [0.5, 0.6) is 0 Å². The molecule has 0 amide bonds. The summed E-state index contributed by atoms with van der Waals surface area (Å²) < 4.78 is 52.7. The predicted octanol–water partition coefficient (Wildman–Crippen LogP) is 1.96. The van der Waals surface area contributed by atoms with Gasteiger partial charge in [0.2, 0.25) is 10.0 Å². The molecule has 7 heteroatoms. The average molecular weight is 307 g/mol. The fourth-order valence-electron chi connectivity index (χ4n) is 1.59. The van der Waals surface area contributed by atoms with E-state index in [2.05, 4.69) is 4.72 Å². The summed E-state index contributed by atoms with van der Waals surface area (Å²) in [7, 11) is -4.05. The SMILES string of the molecule is Cc1cc(S(=O)(=O)NCCC(O)C(C)C)c(F)cc1F. The molecule has 0 fully saturated rings. The Kier molecular flexibility index (Phi) is 5.61. The van der Waals surface area contributed by atoms with Gasteiger partial charge in [-0.15, -0.1) is 0 Å². The molecule has 114 valence electrons. The van der Waals surface area contributed by atoms with Crippen molar-refractivity contribution >= 4 is 10.0 Å². The third-order valence-electron chi connectivity index (χ3n) is 3.00. The van der Waals surface area contributed by atoms with Gasteiger partial charge in [0.05, 0.1) is 6.10 Å². The van der Waals surface area contributed by atoms with Gasteiger partial charge in [-0.3, -0.25) is 0 Å². The van der Waals surface area contributed by atoms with Gasteiger partial charge in [0.15, 0.2) is 0 Å². The van der Waals surface area contributed by atoms with Gasteiger partial charge in [0.1, 0.15) is 16.5 Å². The Morgan fingerprint density at radius 2 is 1.85 bits per heavy atom. The Bertz CT molecular complexity index is 573. The highest BCUT2D eigenvalue weighted by atomic mass is 32.2. The Morgan fingerprint density at radius 3 is 2.40 bits per heavy atom. The maximum absolute atomic E-state index is 13.5. The van der Waals surface area contributed by atoms with Crippen molar-refractivity contribution in [3.8, 4) is 0 Å². The van der Waals surface area contributed by atoms with Crippen LogP contribution in [0.4, 0.5) is 8.78 Å². The van der Waals surface area contributed by atoms with Gasteiger partial charge in [-0.1, -0.05) is 13.8 Å². The van der Waals surface area contributed by atoms with Gasteiger partial charge in [-0.2, -0.15) is 0 Å². The molecule has 0 saturated heterocycles. The maximum atomic E-state index is 13.5. The summed E-state index contributed by atoms with van der Waals surface area (Å²) >= 11 is 0. The van der Waals surface area contributed by atoms with E-state index in [1.807, 2.05) is 13.8 Å². The predicted molar refractivity (Wildman–Crippen MR) is 71.7 cm³/mol. The first-order valence-electron chi connectivity index (χ1n) is 6.28. The molecule has 0 aliphatic rings. The van der Waals surface area contributed by atoms with Crippen LogP contribution in [0.3, 0.4) is 0 Å². The van der Waals surface area contributed by atoms with Crippen molar-refractivity contribution in [2.24, 2.45) is 5.92 Å². The van der Waals surface area contributed by atoms with Crippen molar-refractivity contribution in [1.82, 2.24) is 4.72 Å². The molecule has 1 aromatic rings. The first kappa shape index (κ1) is 17.0. The number of hydrogen-bond donors (Lipinski definition) is 2. The summed E-state index contributed by atoms with van der Waals surface area (Å²) in [6.45, 7) is 4.96. The van der Waals surface area contributed by atoms with Gasteiger partial charge in [0.25, 0.3) is 0 Å². The van der Waals surface area contributed by atoms with Crippen LogP contribution in [-0.4, -0.2) is 26.2 Å². The fourth-order valence-corrected chi connectivity index (χ4v) is 2.78. The molecule has 1 aromatic carbocycles. The van der Waals surface area contributed by atoms with Crippen molar-refractivity contribution in [2.45, 2.75) is 38.2 Å². The zero-order valence-electron chi connectivity index (χ0n) is 11.7. The lowest BCUT2D eigenvalue weighted by atomic mass is 10.1. The molecule has 1 rings (SSSR count). The normalized spacial score (nSPS) is 13.8. The van der Waals surface area contributed by atoms with Crippen LogP contribution in [-0.2, 0) is 10.0 Å². The largest absolute Gasteiger partial charge is 0.393 e. The van der Waals surface area contributed by atoms with Crippen molar-refractivity contribution in [2.75, 3.05) is 6.54 Å². The van der Waals surface area contributed by atoms with Crippen LogP contribution < -0.4 is 4.72 Å². The van der Waals surface area contributed by atoms with Crippen LogP contribution in [0.1, 0.15) is 25.8 Å². The molecule has 20 heavy (non-hydrogen) atoms. The van der Waals surface area contributed by atoms with Crippen molar-refractivity contribution in [1.29, 1.82) is 0 Å². The van der Waals surface area contributed by atoms with Crippen LogP contribution in [0.15, 0.2) is 17.0 Å². The Hall–Kier alpha value is -1.05. The zero-order valence-corrected chi connectivity index (χ0v) is 12.5. The van der Waals surface area contributed by atoms with Gasteiger partial charge in [-0.05, 0) is 30.9 Å². The molecule has 0 radical (unpaired) electrons. The molecule has 2 N–H and O–H groups in total. The molecule has 1 unspecified atom stereocenters. The van der Waals surface area contributed by atoms with Crippen LogP contribution in [0, 0.1) is 24.5 Å². The van der Waals surface area contributed by atoms with E-state index in [0.717, 1.165) is 6.07 Å². The van der Waals surface area contributed by atoms with Gasteiger partial charge in [-0.25, -0.2) is 21.9 Å². The van der Waals surface area contributed by atoms with Crippen LogP contribution >= 0.6 is 0 Å². The molecule has 0 aromatic heterocycles. The number of hydrogen-bond acceptors (Lipinski definition) is 3. The lowest BCUT2D eigenvalue weighted by Gasteiger charge is -2.15. The molecule has 0 heterocycles. The van der Waals surface area contributed by atoms with E-state index in [0.29, 0.717) is 6.07 Å². The van der Waals surface area contributed by atoms with Crippen molar-refractivity contribution in [3.05, 3.63) is 29.3 Å². The smallest absolute Gasteiger partial charge is 0.243 e. The standard InChI is InChI=1S/C13H19F2NO3S/c1-8(2)12(17)4-5-16-20(18,19)13-6-9(3)10(14)7-11(13)15/h6-8,12,16-17H,4-5H2,1-3H3. The highest BCUT2D eigenvalue weighted by Gasteiger charge is 2.21. The Labute approximate surface area is 117 Å². The molecule has 0 spiro atoms. The number of aryl methyl sites for hydroxylation is 1. The van der Waals surface area contributed by atoms with E-state index >= 15 is 0 Å². The highest BCUT2D eigenvalue weighted by Crippen LogP contribution is 2.18. The summed E-state index contributed by atoms with van der Waals surface area (Å²) in [6, 6.07) is 1.50. The fraction of sp³-hybridized carbons (Fsp3) is 0.538. The topological polar surface area (TPSA) is 66.4 Å². The molecule has 1 atom stereocenters. The Balaban J connectivity index is 2.82. The first-order chi connectivity index (χ1) is 9.15. The second-order valence-electron chi connectivity index (χ2n) is 5.03. The summed E-state index contributed by atoms with van der Waals surface area (Å²) in [5.74, 6) is -1.93. The van der Waals surface area contributed by atoms with E-state index in [1.165, 1.54) is 6.92 Å². The van der Waals surface area contributed by atoms with E-state index in [-0.39, 0.29) is 24.4 Å². The van der Waals surface area contributed by atoms with E-state index < -0.39 is 32.7 Å². The summed E-state index contributed by atoms with van der Waals surface area (Å²) in [5.41, 5.74) is 0.0500. The van der Waals surface area contributed by atoms with E-state index in [4.69, 9.17) is 0 Å². The summed E-state index contributed by atoms with van der Waals surface area (Å²) in [4.78, 5) is -0.588. The number of sulfonamides is 1. The van der Waals surface area contributed by atoms with Crippen molar-refractivity contribution < 1.29 is 22.3 Å². The minimum atomic E-state index is -4.05. The molecule has 0 saturated carbocycles. The minimum absolute atomic E-state index is 0.00399. The summed E-state index contributed by atoms with van der Waals surface area (Å²) in [5, 5.41) is 9.57. The van der Waals surface area contributed by atoms with Crippen LogP contribution in [0.25, 0.3) is 0 Å². The van der Waals surface area contributed by atoms with Crippen LogP contribution in [0.2, 0.25) is 0 Å². The first-order valence-corrected chi connectivity index (χ1v) is 7.77. The minimum Gasteiger partial charge on any atom is -0.393 e. The number of benzene rings is 1. The number of halogens is 2. The van der Waals surface area contributed by atoms with Gasteiger partial charge >= 0.3 is 0 Å². The molecular weight excluding hydrogens is 288 g/mol. The van der Waals surface area contributed by atoms with Crippen molar-refractivity contribution in [3.63, 3.8) is 0 Å². The molecule has 0 bridgehead atoms. The van der Waals surface area contributed by atoms with Gasteiger partial charge in [0, 0.05) is 12.6 Å². The second kappa shape index (κ2) is 6.60. The number of aliphatic hydroxyl groups excluding tert-OH is 1. The third-order valence-corrected chi connectivity index (χ3v) is 4.48. The zero-order chi connectivity index (χ0) is 15.5. The Morgan fingerprint density at radius 1 is 1.25 bits per heavy atom. The maximum Gasteiger partial charge on any atom is 0.243 e. The number of aliphatic hydroxyl groups is 1. The molecule has 0 aliphatic heterocycles. The lowest BCUT2D eigenvalue weighted by Crippen LogP contribution is -2.29. The molecule has 0 aliphatic carbocycles. The third kappa shape index (κ3) is 4.22. The monoisotopic (exact) mass is 307 g/mol. The van der Waals surface area contributed by atoms with Gasteiger partial charge < -0.3 is 5.11 Å². The average Bonchev–Trinajstić information content (AvgIpc) is 2.33. The molecule has 4 nitrogen and oxygen atoms in total. The summed E-state index contributed by atoms with van der Waals surface area (Å²) in [6.07, 6.45) is -0.420. The van der Waals surface area contributed by atoms with E-state index in [1.54, 1.807) is 0 Å². The highest BCUT2D eigenvalue weighted by molar-refractivity contribution is 7.89. The number of nitrogens with one attached hydrogen (secondary N) is 1. The van der Waals surface area contributed by atoms with E-state index in [9.17, 15) is 22.3 Å². The quantitative estimate of drug-likeness (QED) is 0.844. The lowest BCUT2D eigenvalue weighted by molar-refractivity contribution is 0.118.